The average Bonchev–Trinajstić information content (AvgIpc) is 3.06. The lowest BCUT2D eigenvalue weighted by Gasteiger charge is -2.24. The first-order valence-electron chi connectivity index (χ1n) is 9.08. The third-order valence-corrected chi connectivity index (χ3v) is 6.74. The normalized spacial score (nSPS) is 20.8. The number of nitrogens with zero attached hydrogens (tertiary/aromatic N) is 1. The monoisotopic (exact) mass is 376 g/mol. The molecule has 6 nitrogen and oxygen atoms in total. The Balaban J connectivity index is 1.67. The highest BCUT2D eigenvalue weighted by Gasteiger charge is 2.44. The largest absolute Gasteiger partial charge is 0.354 e. The maximum atomic E-state index is 12.8. The van der Waals surface area contributed by atoms with Gasteiger partial charge in [-0.15, -0.1) is 0 Å². The molecule has 0 radical (unpaired) electrons. The molecule has 1 aromatic rings. The van der Waals surface area contributed by atoms with Crippen LogP contribution in [0.5, 0.6) is 0 Å². The zero-order valence-corrected chi connectivity index (χ0v) is 15.5. The van der Waals surface area contributed by atoms with E-state index in [0.29, 0.717) is 6.54 Å². The molecule has 3 rings (SSSR count). The highest BCUT2D eigenvalue weighted by Crippen LogP contribution is 2.27. The van der Waals surface area contributed by atoms with E-state index in [1.165, 1.54) is 30.5 Å². The van der Waals surface area contributed by atoms with E-state index in [1.807, 2.05) is 0 Å². The van der Waals surface area contributed by atoms with Crippen molar-refractivity contribution < 1.29 is 18.0 Å². The minimum atomic E-state index is -4.02. The molecule has 1 fully saturated rings. The van der Waals surface area contributed by atoms with Crippen molar-refractivity contribution in [2.75, 3.05) is 6.54 Å². The quantitative estimate of drug-likeness (QED) is 0.773. The second-order valence-electron chi connectivity index (χ2n) is 6.71. The van der Waals surface area contributed by atoms with Gasteiger partial charge in [-0.3, -0.25) is 9.59 Å². The van der Waals surface area contributed by atoms with Crippen molar-refractivity contribution in [3.63, 3.8) is 0 Å². The van der Waals surface area contributed by atoms with Crippen LogP contribution in [-0.2, 0) is 19.6 Å². The van der Waals surface area contributed by atoms with Crippen LogP contribution in [0.2, 0.25) is 0 Å². The molecule has 1 aromatic carbocycles. The molecule has 1 saturated heterocycles. The topological polar surface area (TPSA) is 83.6 Å². The number of nitrogens with one attached hydrogen (secondary N) is 1. The minimum absolute atomic E-state index is 0.0282. The first-order valence-corrected chi connectivity index (χ1v) is 10.5. The van der Waals surface area contributed by atoms with Gasteiger partial charge in [-0.25, -0.2) is 12.7 Å². The highest BCUT2D eigenvalue weighted by molar-refractivity contribution is 7.89. The number of hydrogen-bond donors (Lipinski definition) is 1. The molecule has 140 valence electrons. The summed E-state index contributed by atoms with van der Waals surface area (Å²) in [7, 11) is -4.02. The van der Waals surface area contributed by atoms with Gasteiger partial charge < -0.3 is 5.32 Å². The maximum absolute atomic E-state index is 12.8. The van der Waals surface area contributed by atoms with Crippen LogP contribution in [0.25, 0.3) is 0 Å². The molecule has 0 saturated carbocycles. The van der Waals surface area contributed by atoms with Gasteiger partial charge in [-0.2, -0.15) is 0 Å². The third kappa shape index (κ3) is 3.98. The fourth-order valence-electron chi connectivity index (χ4n) is 3.50. The molecule has 1 aliphatic heterocycles. The summed E-state index contributed by atoms with van der Waals surface area (Å²) >= 11 is 0. The summed E-state index contributed by atoms with van der Waals surface area (Å²) in [5, 5.41) is 2.81. The molecule has 1 atom stereocenters. The Hall–Kier alpha value is -2.15. The average molecular weight is 376 g/mol. The number of benzene rings is 1. The lowest BCUT2D eigenvalue weighted by molar-refractivity contribution is -0.130. The van der Waals surface area contributed by atoms with Gasteiger partial charge in [-0.05, 0) is 50.7 Å². The molecule has 0 spiro atoms. The standard InChI is InChI=1S/C19H24N2O4S/c22-18-12-11-17(19(23)20-14-13-15-7-3-1-4-8-15)21(18)26(24,25)16-9-5-2-6-10-16/h2,5-7,9-10,17H,1,3-4,8,11-14H2,(H,20,23). The van der Waals surface area contributed by atoms with Gasteiger partial charge in [0, 0.05) is 13.0 Å². The van der Waals surface area contributed by atoms with Gasteiger partial charge in [-0.1, -0.05) is 29.8 Å². The Morgan fingerprint density at radius 2 is 1.92 bits per heavy atom. The first-order chi connectivity index (χ1) is 12.5. The van der Waals surface area contributed by atoms with Crippen LogP contribution in [0.3, 0.4) is 0 Å². The molecule has 1 N–H and O–H groups in total. The number of allylic oxidation sites excluding steroid dienone is 1. The molecule has 1 heterocycles. The second kappa shape index (κ2) is 8.03. The van der Waals surface area contributed by atoms with Crippen molar-refractivity contribution in [3.05, 3.63) is 42.0 Å². The predicted molar refractivity (Wildman–Crippen MR) is 97.7 cm³/mol. The van der Waals surface area contributed by atoms with E-state index in [1.54, 1.807) is 18.2 Å². The fourth-order valence-corrected chi connectivity index (χ4v) is 5.13. The molecule has 0 bridgehead atoms. The number of hydrogen-bond acceptors (Lipinski definition) is 4. The number of amides is 2. The van der Waals surface area contributed by atoms with Crippen molar-refractivity contribution in [2.45, 2.75) is 55.9 Å². The van der Waals surface area contributed by atoms with E-state index >= 15 is 0 Å². The van der Waals surface area contributed by atoms with Gasteiger partial charge in [0.15, 0.2) is 0 Å². The van der Waals surface area contributed by atoms with Crippen molar-refractivity contribution in [1.82, 2.24) is 9.62 Å². The van der Waals surface area contributed by atoms with Crippen molar-refractivity contribution in [1.29, 1.82) is 0 Å². The van der Waals surface area contributed by atoms with Crippen molar-refractivity contribution in [3.8, 4) is 0 Å². The zero-order chi connectivity index (χ0) is 18.6. The van der Waals surface area contributed by atoms with Crippen LogP contribution in [-0.4, -0.2) is 37.1 Å². The van der Waals surface area contributed by atoms with E-state index in [-0.39, 0.29) is 17.7 Å². The fraction of sp³-hybridized carbons (Fsp3) is 0.474. The van der Waals surface area contributed by atoms with Gasteiger partial charge >= 0.3 is 0 Å². The van der Waals surface area contributed by atoms with Crippen LogP contribution in [0, 0.1) is 0 Å². The summed E-state index contributed by atoms with van der Waals surface area (Å²) in [6, 6.07) is 6.81. The maximum Gasteiger partial charge on any atom is 0.267 e. The Bertz CT molecular complexity index is 802. The molecule has 1 aliphatic carbocycles. The summed E-state index contributed by atoms with van der Waals surface area (Å²) in [6.07, 6.45) is 7.83. The van der Waals surface area contributed by atoms with E-state index < -0.39 is 27.9 Å². The van der Waals surface area contributed by atoms with E-state index in [2.05, 4.69) is 11.4 Å². The van der Waals surface area contributed by atoms with Crippen LogP contribution >= 0.6 is 0 Å². The predicted octanol–water partition coefficient (Wildman–Crippen LogP) is 2.37. The zero-order valence-electron chi connectivity index (χ0n) is 14.7. The van der Waals surface area contributed by atoms with Gasteiger partial charge in [0.2, 0.25) is 11.8 Å². The summed E-state index contributed by atoms with van der Waals surface area (Å²) in [5.74, 6) is -0.921. The van der Waals surface area contributed by atoms with Gasteiger partial charge in [0.1, 0.15) is 6.04 Å². The van der Waals surface area contributed by atoms with Crippen molar-refractivity contribution >= 4 is 21.8 Å². The van der Waals surface area contributed by atoms with Gasteiger partial charge in [0.05, 0.1) is 4.90 Å². The van der Waals surface area contributed by atoms with Crippen LogP contribution in [0.1, 0.15) is 44.9 Å². The Labute approximate surface area is 154 Å². The number of sulfonamides is 1. The van der Waals surface area contributed by atoms with Crippen LogP contribution < -0.4 is 5.32 Å². The number of rotatable bonds is 6. The van der Waals surface area contributed by atoms with E-state index in [0.717, 1.165) is 23.6 Å². The second-order valence-corrected chi connectivity index (χ2v) is 8.53. The smallest absolute Gasteiger partial charge is 0.267 e. The summed E-state index contributed by atoms with van der Waals surface area (Å²) < 4.78 is 26.4. The molecular formula is C19H24N2O4S. The minimum Gasteiger partial charge on any atom is -0.354 e. The highest BCUT2D eigenvalue weighted by atomic mass is 32.2. The molecule has 2 amide bonds. The summed E-state index contributed by atoms with van der Waals surface area (Å²) in [4.78, 5) is 24.7. The van der Waals surface area contributed by atoms with Crippen LogP contribution in [0.4, 0.5) is 0 Å². The molecular weight excluding hydrogens is 352 g/mol. The lowest BCUT2D eigenvalue weighted by Crippen LogP contribution is -2.47. The molecule has 1 unspecified atom stereocenters. The van der Waals surface area contributed by atoms with E-state index in [4.69, 9.17) is 0 Å². The Morgan fingerprint density at radius 3 is 2.62 bits per heavy atom. The Kier molecular flexibility index (Phi) is 5.76. The molecule has 7 heteroatoms. The summed E-state index contributed by atoms with van der Waals surface area (Å²) in [6.45, 7) is 0.467. The van der Waals surface area contributed by atoms with Gasteiger partial charge in [0.25, 0.3) is 10.0 Å². The SMILES string of the molecule is O=C(NCCC1=CCCCC1)C1CCC(=O)N1S(=O)(=O)c1ccccc1. The lowest BCUT2D eigenvalue weighted by atomic mass is 9.97. The number of carbonyl (C=O) groups is 2. The first kappa shape index (κ1) is 18.6. The molecule has 2 aliphatic rings. The van der Waals surface area contributed by atoms with E-state index in [9.17, 15) is 18.0 Å². The van der Waals surface area contributed by atoms with Crippen LogP contribution in [0.15, 0.2) is 46.9 Å². The molecule has 26 heavy (non-hydrogen) atoms. The third-order valence-electron chi connectivity index (χ3n) is 4.89. The number of carbonyl (C=O) groups excluding carboxylic acids is 2. The molecule has 0 aromatic heterocycles. The Morgan fingerprint density at radius 1 is 1.15 bits per heavy atom. The van der Waals surface area contributed by atoms with Crippen molar-refractivity contribution in [2.24, 2.45) is 0 Å². The summed E-state index contributed by atoms with van der Waals surface area (Å²) in [5.41, 5.74) is 1.34.